The molecule has 1 aromatic rings. The average Bonchev–Trinajstić information content (AvgIpc) is 2.38. The summed E-state index contributed by atoms with van der Waals surface area (Å²) in [6.45, 7) is 2.20. The first-order valence-electron chi connectivity index (χ1n) is 6.38. The first kappa shape index (κ1) is 17.3. The molecule has 0 radical (unpaired) electrons. The molecule has 0 saturated heterocycles. The summed E-state index contributed by atoms with van der Waals surface area (Å²) >= 11 is 11.6. The molecule has 5 heteroatoms. The van der Waals surface area contributed by atoms with Crippen LogP contribution < -0.4 is 5.32 Å². The summed E-state index contributed by atoms with van der Waals surface area (Å²) in [7, 11) is 4.16. The molecular formula is C14H22BrClN2S. The van der Waals surface area contributed by atoms with Gasteiger partial charge < -0.3 is 10.2 Å². The third-order valence-corrected chi connectivity index (χ3v) is 4.57. The van der Waals surface area contributed by atoms with Crippen LogP contribution in [0.15, 0.2) is 22.7 Å². The van der Waals surface area contributed by atoms with Crippen LogP contribution in [0, 0.1) is 0 Å². The molecule has 0 saturated carbocycles. The van der Waals surface area contributed by atoms with Gasteiger partial charge >= 0.3 is 0 Å². The van der Waals surface area contributed by atoms with E-state index in [-0.39, 0.29) is 0 Å². The van der Waals surface area contributed by atoms with Crippen LogP contribution in [0.25, 0.3) is 0 Å². The Morgan fingerprint density at radius 1 is 1.42 bits per heavy atom. The fourth-order valence-electron chi connectivity index (χ4n) is 1.95. The number of hydrogen-bond acceptors (Lipinski definition) is 3. The Labute approximate surface area is 134 Å². The van der Waals surface area contributed by atoms with Gasteiger partial charge in [0.1, 0.15) is 0 Å². The van der Waals surface area contributed by atoms with Gasteiger partial charge in [-0.2, -0.15) is 11.8 Å². The molecule has 0 amide bonds. The van der Waals surface area contributed by atoms with Crippen LogP contribution in [0.5, 0.6) is 0 Å². The van der Waals surface area contributed by atoms with Crippen LogP contribution in [0.3, 0.4) is 0 Å². The fraction of sp³-hybridized carbons (Fsp3) is 0.571. The molecule has 2 nitrogen and oxygen atoms in total. The molecule has 19 heavy (non-hydrogen) atoms. The van der Waals surface area contributed by atoms with Crippen LogP contribution in [-0.2, 0) is 0 Å². The average molecular weight is 366 g/mol. The maximum Gasteiger partial charge on any atom is 0.0465 e. The van der Waals surface area contributed by atoms with Crippen LogP contribution in [0.1, 0.15) is 18.0 Å². The minimum atomic E-state index is 0.303. The Balaban J connectivity index is 2.58. The summed E-state index contributed by atoms with van der Waals surface area (Å²) in [5.41, 5.74) is 1.17. The quantitative estimate of drug-likeness (QED) is 0.748. The van der Waals surface area contributed by atoms with Gasteiger partial charge in [-0.3, -0.25) is 0 Å². The Kier molecular flexibility index (Phi) is 8.42. The van der Waals surface area contributed by atoms with E-state index < -0.39 is 0 Å². The third-order valence-electron chi connectivity index (χ3n) is 3.16. The summed E-state index contributed by atoms with van der Waals surface area (Å²) < 4.78 is 1.02. The summed E-state index contributed by atoms with van der Waals surface area (Å²) in [5.74, 6) is 1.18. The van der Waals surface area contributed by atoms with Gasteiger partial charge in [-0.15, -0.1) is 0 Å². The molecule has 1 rings (SSSR count). The van der Waals surface area contributed by atoms with Crippen molar-refractivity contribution in [1.29, 1.82) is 0 Å². The van der Waals surface area contributed by atoms with Crippen molar-refractivity contribution in [3.63, 3.8) is 0 Å². The number of rotatable bonds is 8. The maximum atomic E-state index is 6.32. The van der Waals surface area contributed by atoms with Crippen LogP contribution >= 0.6 is 39.3 Å². The van der Waals surface area contributed by atoms with Crippen molar-refractivity contribution in [3.8, 4) is 0 Å². The number of halogens is 2. The highest BCUT2D eigenvalue weighted by Crippen LogP contribution is 2.28. The molecule has 0 aliphatic rings. The minimum absolute atomic E-state index is 0.303. The van der Waals surface area contributed by atoms with E-state index in [4.69, 9.17) is 11.6 Å². The topological polar surface area (TPSA) is 15.3 Å². The van der Waals surface area contributed by atoms with Crippen molar-refractivity contribution in [3.05, 3.63) is 33.3 Å². The summed E-state index contributed by atoms with van der Waals surface area (Å²) in [5, 5.41) is 4.18. The molecule has 1 unspecified atom stereocenters. The molecule has 108 valence electrons. The van der Waals surface area contributed by atoms with Gasteiger partial charge in [0.15, 0.2) is 0 Å². The Hall–Kier alpha value is 0.260. The Bertz CT molecular complexity index is 390. The van der Waals surface area contributed by atoms with E-state index in [9.17, 15) is 0 Å². The van der Waals surface area contributed by atoms with Gasteiger partial charge in [0.05, 0.1) is 0 Å². The standard InChI is InChI=1S/C14H22BrClN2S/c1-17-14(6-7-18(2)8-9-19-3)12-5-4-11(15)10-13(12)16/h4-5,10,14,17H,6-9H2,1-3H3. The van der Waals surface area contributed by atoms with E-state index in [2.05, 4.69) is 45.5 Å². The molecule has 1 atom stereocenters. The molecule has 0 aliphatic carbocycles. The van der Waals surface area contributed by atoms with Crippen molar-refractivity contribution in [2.45, 2.75) is 12.5 Å². The minimum Gasteiger partial charge on any atom is -0.313 e. The Morgan fingerprint density at radius 2 is 2.16 bits per heavy atom. The lowest BCUT2D eigenvalue weighted by Crippen LogP contribution is -2.27. The second kappa shape index (κ2) is 9.24. The number of thioether (sulfide) groups is 1. The zero-order chi connectivity index (χ0) is 14.3. The second-order valence-electron chi connectivity index (χ2n) is 4.59. The molecule has 1 N–H and O–H groups in total. The first-order chi connectivity index (χ1) is 9.08. The number of hydrogen-bond donors (Lipinski definition) is 1. The van der Waals surface area contributed by atoms with E-state index in [1.54, 1.807) is 0 Å². The number of benzene rings is 1. The highest BCUT2D eigenvalue weighted by atomic mass is 79.9. The zero-order valence-corrected chi connectivity index (χ0v) is 14.9. The Morgan fingerprint density at radius 3 is 2.74 bits per heavy atom. The van der Waals surface area contributed by atoms with E-state index in [0.29, 0.717) is 6.04 Å². The predicted molar refractivity (Wildman–Crippen MR) is 91.4 cm³/mol. The largest absolute Gasteiger partial charge is 0.313 e. The van der Waals surface area contributed by atoms with Crippen molar-refractivity contribution in [1.82, 2.24) is 10.2 Å². The van der Waals surface area contributed by atoms with Gasteiger partial charge in [-0.1, -0.05) is 33.6 Å². The molecule has 1 aromatic carbocycles. The van der Waals surface area contributed by atoms with E-state index in [1.807, 2.05) is 30.9 Å². The second-order valence-corrected chi connectivity index (χ2v) is 6.90. The molecule has 0 bridgehead atoms. The number of nitrogens with zero attached hydrogens (tertiary/aromatic N) is 1. The zero-order valence-electron chi connectivity index (χ0n) is 11.7. The maximum absolute atomic E-state index is 6.32. The number of nitrogens with one attached hydrogen (secondary N) is 1. The van der Waals surface area contributed by atoms with Crippen molar-refractivity contribution in [2.24, 2.45) is 0 Å². The molecule has 0 spiro atoms. The monoisotopic (exact) mass is 364 g/mol. The summed E-state index contributed by atoms with van der Waals surface area (Å²) in [4.78, 5) is 2.37. The first-order valence-corrected chi connectivity index (χ1v) is 8.94. The van der Waals surface area contributed by atoms with Gasteiger partial charge in [0.2, 0.25) is 0 Å². The van der Waals surface area contributed by atoms with Gasteiger partial charge in [-0.25, -0.2) is 0 Å². The van der Waals surface area contributed by atoms with Crippen LogP contribution in [0.4, 0.5) is 0 Å². The normalized spacial score (nSPS) is 12.9. The van der Waals surface area contributed by atoms with Gasteiger partial charge in [0.25, 0.3) is 0 Å². The molecule has 0 heterocycles. The van der Waals surface area contributed by atoms with Crippen LogP contribution in [0.2, 0.25) is 5.02 Å². The lowest BCUT2D eigenvalue weighted by Gasteiger charge is -2.22. The van der Waals surface area contributed by atoms with Gasteiger partial charge in [-0.05, 0) is 51.0 Å². The van der Waals surface area contributed by atoms with E-state index in [1.165, 1.54) is 11.3 Å². The van der Waals surface area contributed by atoms with Gasteiger partial charge in [0, 0.05) is 27.8 Å². The van der Waals surface area contributed by atoms with E-state index in [0.717, 1.165) is 29.0 Å². The SMILES string of the molecule is CNC(CCN(C)CCSC)c1ccc(Br)cc1Cl. The van der Waals surface area contributed by atoms with Crippen molar-refractivity contribution in [2.75, 3.05) is 39.2 Å². The smallest absolute Gasteiger partial charge is 0.0465 e. The van der Waals surface area contributed by atoms with E-state index >= 15 is 0 Å². The molecule has 0 fully saturated rings. The molecule has 0 aromatic heterocycles. The highest BCUT2D eigenvalue weighted by Gasteiger charge is 2.13. The summed E-state index contributed by atoms with van der Waals surface area (Å²) in [6.07, 6.45) is 3.20. The van der Waals surface area contributed by atoms with Crippen molar-refractivity contribution < 1.29 is 0 Å². The lowest BCUT2D eigenvalue weighted by molar-refractivity contribution is 0.328. The lowest BCUT2D eigenvalue weighted by atomic mass is 10.0. The summed E-state index contributed by atoms with van der Waals surface area (Å²) in [6, 6.07) is 6.40. The van der Waals surface area contributed by atoms with Crippen LogP contribution in [-0.4, -0.2) is 44.1 Å². The molecule has 0 aliphatic heterocycles. The van der Waals surface area contributed by atoms with Crippen molar-refractivity contribution >= 4 is 39.3 Å². The third kappa shape index (κ3) is 6.05. The molecular weight excluding hydrogens is 344 g/mol. The predicted octanol–water partition coefficient (Wildman–Crippen LogP) is 4.05. The fourth-order valence-corrected chi connectivity index (χ4v) is 3.25. The highest BCUT2D eigenvalue weighted by molar-refractivity contribution is 9.10.